The van der Waals surface area contributed by atoms with E-state index in [4.69, 9.17) is 9.47 Å². The summed E-state index contributed by atoms with van der Waals surface area (Å²) in [7, 11) is 6.33. The number of fused-ring (bicyclic) bond motifs is 1. The van der Waals surface area contributed by atoms with Crippen molar-refractivity contribution in [2.45, 2.75) is 19.4 Å². The summed E-state index contributed by atoms with van der Waals surface area (Å²) in [6.07, 6.45) is 8.35. The van der Waals surface area contributed by atoms with E-state index in [9.17, 15) is 9.59 Å². The summed E-state index contributed by atoms with van der Waals surface area (Å²) in [5, 5.41) is 3.67. The number of ketones is 1. The molecule has 5 aromatic rings. The third-order valence-electron chi connectivity index (χ3n) is 7.69. The topological polar surface area (TPSA) is 98.6 Å². The Hall–Kier alpha value is -5.42. The molecular weight excluding hydrogens is 604 g/mol. The van der Waals surface area contributed by atoms with Gasteiger partial charge in [-0.2, -0.15) is 0 Å². The van der Waals surface area contributed by atoms with Gasteiger partial charge in [0.1, 0.15) is 5.82 Å². The van der Waals surface area contributed by atoms with Crippen molar-refractivity contribution in [3.05, 3.63) is 118 Å². The lowest BCUT2D eigenvalue weighted by molar-refractivity contribution is -0.114. The second-order valence-corrected chi connectivity index (χ2v) is 11.2. The maximum absolute atomic E-state index is 15.7. The van der Waals surface area contributed by atoms with Crippen LogP contribution in [0.3, 0.4) is 0 Å². The number of nitrogens with one attached hydrogen (secondary N) is 1. The van der Waals surface area contributed by atoms with Crippen molar-refractivity contribution < 1.29 is 23.0 Å². The summed E-state index contributed by atoms with van der Waals surface area (Å²) in [5.74, 6) is -2.23. The van der Waals surface area contributed by atoms with E-state index in [1.165, 1.54) is 31.0 Å². The molecule has 0 aliphatic heterocycles. The van der Waals surface area contributed by atoms with Gasteiger partial charge >= 0.3 is 0 Å². The first kappa shape index (κ1) is 33.0. The highest BCUT2D eigenvalue weighted by atomic mass is 19.1. The first-order valence-corrected chi connectivity index (χ1v) is 14.9. The Morgan fingerprint density at radius 2 is 1.72 bits per heavy atom. The quantitative estimate of drug-likeness (QED) is 0.158. The Kier molecular flexibility index (Phi) is 10.1. The van der Waals surface area contributed by atoms with Gasteiger partial charge in [-0.05, 0) is 56.4 Å². The van der Waals surface area contributed by atoms with E-state index in [-0.39, 0.29) is 29.3 Å². The largest absolute Gasteiger partial charge is 0.494 e. The predicted molar refractivity (Wildman–Crippen MR) is 179 cm³/mol. The van der Waals surface area contributed by atoms with Crippen LogP contribution in [0, 0.1) is 11.6 Å². The number of aromatic nitrogens is 3. The highest BCUT2D eigenvalue weighted by Crippen LogP contribution is 2.38. The molecule has 242 valence electrons. The van der Waals surface area contributed by atoms with Crippen molar-refractivity contribution in [3.63, 3.8) is 0 Å². The summed E-state index contributed by atoms with van der Waals surface area (Å²) < 4.78 is 43.3. The molecule has 1 atom stereocenters. The van der Waals surface area contributed by atoms with Gasteiger partial charge in [-0.3, -0.25) is 14.6 Å². The number of pyridine rings is 3. The number of halogens is 2. The zero-order valence-corrected chi connectivity index (χ0v) is 26.8. The van der Waals surface area contributed by atoms with Gasteiger partial charge < -0.3 is 24.3 Å². The molecule has 47 heavy (non-hydrogen) atoms. The van der Waals surface area contributed by atoms with E-state index < -0.39 is 28.8 Å². The van der Waals surface area contributed by atoms with Gasteiger partial charge in [-0.1, -0.05) is 30.3 Å². The second-order valence-electron chi connectivity index (χ2n) is 11.2. The van der Waals surface area contributed by atoms with E-state index in [2.05, 4.69) is 15.3 Å². The van der Waals surface area contributed by atoms with Crippen LogP contribution in [0.2, 0.25) is 0 Å². The molecule has 0 saturated carbocycles. The van der Waals surface area contributed by atoms with E-state index in [0.29, 0.717) is 23.3 Å². The normalized spacial score (nSPS) is 12.1. The summed E-state index contributed by atoms with van der Waals surface area (Å²) >= 11 is 0. The van der Waals surface area contributed by atoms with Crippen LogP contribution < -0.4 is 20.3 Å². The number of nitrogens with zero attached hydrogens (tertiary/aromatic N) is 4. The number of rotatable bonds is 12. The molecule has 3 heterocycles. The van der Waals surface area contributed by atoms with Gasteiger partial charge in [0, 0.05) is 54.8 Å². The van der Waals surface area contributed by atoms with E-state index in [0.717, 1.165) is 22.9 Å². The van der Waals surface area contributed by atoms with Gasteiger partial charge in [-0.15, -0.1) is 0 Å². The maximum atomic E-state index is 15.7. The Labute approximate surface area is 271 Å². The minimum atomic E-state index is -1.03. The number of allylic oxidation sites excluding steroid dienone is 1. The maximum Gasteiger partial charge on any atom is 0.259 e. The van der Waals surface area contributed by atoms with Crippen LogP contribution in [-0.2, 0) is 11.2 Å². The third kappa shape index (κ3) is 7.20. The van der Waals surface area contributed by atoms with Crippen LogP contribution in [-0.4, -0.2) is 60.1 Å². The van der Waals surface area contributed by atoms with Crippen LogP contribution >= 0.6 is 0 Å². The molecule has 0 radical (unpaired) electrons. The van der Waals surface area contributed by atoms with E-state index in [1.54, 1.807) is 36.7 Å². The molecule has 0 saturated heterocycles. The lowest BCUT2D eigenvalue weighted by Crippen LogP contribution is -2.26. The molecule has 1 unspecified atom stereocenters. The predicted octanol–water partition coefficient (Wildman–Crippen LogP) is 6.34. The number of carbonyl (C=O) groups excluding carboxylic acids is 1. The van der Waals surface area contributed by atoms with Crippen molar-refractivity contribution >= 4 is 28.2 Å². The zero-order valence-electron chi connectivity index (χ0n) is 26.8. The van der Waals surface area contributed by atoms with Gasteiger partial charge in [0.05, 0.1) is 36.9 Å². The second kappa shape index (κ2) is 14.3. The van der Waals surface area contributed by atoms with Crippen LogP contribution in [0.5, 0.6) is 11.5 Å². The highest BCUT2D eigenvalue weighted by Gasteiger charge is 2.26. The van der Waals surface area contributed by atoms with Gasteiger partial charge in [0.25, 0.3) is 5.56 Å². The first-order valence-electron chi connectivity index (χ1n) is 14.9. The summed E-state index contributed by atoms with van der Waals surface area (Å²) in [6.45, 7) is 2.46. The molecule has 1 N–H and O–H groups in total. The number of benzene rings is 2. The van der Waals surface area contributed by atoms with Gasteiger partial charge in [-0.25, -0.2) is 13.8 Å². The zero-order chi connectivity index (χ0) is 33.7. The smallest absolute Gasteiger partial charge is 0.259 e. The van der Waals surface area contributed by atoms with Gasteiger partial charge in [0.2, 0.25) is 0 Å². The number of anilines is 2. The van der Waals surface area contributed by atoms with Crippen molar-refractivity contribution in [1.82, 2.24) is 19.4 Å². The van der Waals surface area contributed by atoms with Crippen LogP contribution in [0.25, 0.3) is 22.0 Å². The Morgan fingerprint density at radius 1 is 1.02 bits per heavy atom. The standard InChI is InChI=1S/C36H35F2N5O4/c1-22(24-9-6-8-23(16-24)17-27(44)10-7-15-42(2)3)43-29-19-32(41-26-11-13-39-14-12-26)40-21-25(29)18-28(36(43)45)33-34(37)30(46-4)20-31(47-5)35(33)38/h6-14,16,18-22H,15,17H2,1-5H3,(H,39,40,41)/b10-7+. The molecule has 2 aromatic carbocycles. The van der Waals surface area contributed by atoms with Gasteiger partial charge in [0.15, 0.2) is 28.9 Å². The third-order valence-corrected chi connectivity index (χ3v) is 7.69. The van der Waals surface area contributed by atoms with Crippen molar-refractivity contribution in [1.29, 1.82) is 0 Å². The average molecular weight is 640 g/mol. The monoisotopic (exact) mass is 639 g/mol. The fraction of sp³-hybridized carbons (Fsp3) is 0.222. The SMILES string of the molecule is COc1cc(OC)c(F)c(-c2cc3cnc(Nc4ccncc4)cc3n(C(C)c3cccc(CC(=O)/C=C/CN(C)C)c3)c2=O)c1F. The summed E-state index contributed by atoms with van der Waals surface area (Å²) in [6, 6.07) is 14.5. The minimum Gasteiger partial charge on any atom is -0.494 e. The number of methoxy groups -OCH3 is 2. The number of ether oxygens (including phenoxy) is 2. The fourth-order valence-corrected chi connectivity index (χ4v) is 5.34. The molecule has 0 amide bonds. The summed E-state index contributed by atoms with van der Waals surface area (Å²) in [4.78, 5) is 37.6. The highest BCUT2D eigenvalue weighted by molar-refractivity contribution is 5.91. The molecule has 0 spiro atoms. The Morgan fingerprint density at radius 3 is 2.38 bits per heavy atom. The van der Waals surface area contributed by atoms with E-state index >= 15 is 8.78 Å². The molecule has 5 rings (SSSR count). The number of carbonyl (C=O) groups is 1. The molecule has 0 aliphatic carbocycles. The molecule has 3 aromatic heterocycles. The lowest BCUT2D eigenvalue weighted by Gasteiger charge is -2.22. The van der Waals surface area contributed by atoms with Crippen molar-refractivity contribution in [2.75, 3.05) is 40.2 Å². The van der Waals surface area contributed by atoms with Crippen LogP contribution in [0.1, 0.15) is 24.1 Å². The summed E-state index contributed by atoms with van der Waals surface area (Å²) in [5.41, 5.74) is 1.24. The first-order chi connectivity index (χ1) is 22.6. The molecule has 9 nitrogen and oxygen atoms in total. The molecule has 0 bridgehead atoms. The fourth-order valence-electron chi connectivity index (χ4n) is 5.34. The Bertz CT molecular complexity index is 1980. The number of likely N-dealkylation sites (N-methyl/N-ethyl adjacent to an activating group) is 1. The lowest BCUT2D eigenvalue weighted by atomic mass is 9.99. The molecule has 0 aliphatic rings. The van der Waals surface area contributed by atoms with Crippen LogP contribution in [0.4, 0.5) is 20.3 Å². The average Bonchev–Trinajstić information content (AvgIpc) is 3.05. The molecule has 11 heteroatoms. The van der Waals surface area contributed by atoms with Crippen molar-refractivity contribution in [3.8, 4) is 22.6 Å². The van der Waals surface area contributed by atoms with E-state index in [1.807, 2.05) is 56.3 Å². The Balaban J connectivity index is 1.68. The number of hydrogen-bond donors (Lipinski definition) is 1. The van der Waals surface area contributed by atoms with Crippen LogP contribution in [0.15, 0.2) is 90.1 Å². The minimum absolute atomic E-state index is 0.0582. The molecule has 0 fully saturated rings. The van der Waals surface area contributed by atoms with Crippen molar-refractivity contribution in [2.24, 2.45) is 0 Å². The molecular formula is C36H35F2N5O4. The number of hydrogen-bond acceptors (Lipinski definition) is 8.